The lowest BCUT2D eigenvalue weighted by Crippen LogP contribution is -2.35. The number of aromatic nitrogens is 2. The number of rotatable bonds is 4. The van der Waals surface area contributed by atoms with Gasteiger partial charge in [0, 0.05) is 6.20 Å². The Kier molecular flexibility index (Phi) is 4.82. The van der Waals surface area contributed by atoms with Crippen molar-refractivity contribution >= 4 is 33.3 Å². The molecule has 0 unspecified atom stereocenters. The van der Waals surface area contributed by atoms with Crippen molar-refractivity contribution < 1.29 is 19.0 Å². The van der Waals surface area contributed by atoms with E-state index in [9.17, 15) is 19.0 Å². The fourth-order valence-electron chi connectivity index (χ4n) is 3.47. The summed E-state index contributed by atoms with van der Waals surface area (Å²) in [4.78, 5) is 23.6. The van der Waals surface area contributed by atoms with Gasteiger partial charge in [0.25, 0.3) is 5.56 Å². The van der Waals surface area contributed by atoms with Gasteiger partial charge in [0.2, 0.25) is 0 Å². The molecule has 5 rings (SSSR count). The van der Waals surface area contributed by atoms with Gasteiger partial charge in [-0.1, -0.05) is 53.2 Å². The Balaban J connectivity index is 1.68. The summed E-state index contributed by atoms with van der Waals surface area (Å²) in [5.74, 6) is -0.562. The molecule has 0 spiro atoms. The number of anilines is 1. The molecule has 0 aliphatic carbocycles. The topological polar surface area (TPSA) is 129 Å². The highest BCUT2D eigenvalue weighted by Gasteiger charge is 2.30. The minimum atomic E-state index is -3.58. The molecule has 2 aromatic heterocycles. The molecule has 9 nitrogen and oxygen atoms in total. The van der Waals surface area contributed by atoms with Gasteiger partial charge in [0.05, 0.1) is 11.1 Å². The third-order valence-electron chi connectivity index (χ3n) is 4.96. The van der Waals surface area contributed by atoms with E-state index in [-0.39, 0.29) is 33.9 Å². The minimum Gasteiger partial charge on any atom is -0.506 e. The Labute approximate surface area is 183 Å². The molecule has 0 radical (unpaired) electrons. The number of para-hydroxylation sites is 1. The molecule has 4 N–H and O–H groups in total. The first-order chi connectivity index (χ1) is 15.5. The van der Waals surface area contributed by atoms with Gasteiger partial charge in [-0.2, -0.15) is 0 Å². The Morgan fingerprint density at radius 3 is 2.56 bits per heavy atom. The van der Waals surface area contributed by atoms with Crippen LogP contribution in [0, 0.1) is 0 Å². The van der Waals surface area contributed by atoms with Crippen LogP contribution in [0.3, 0.4) is 0 Å². The number of fused-ring (bicyclic) bond motifs is 2. The number of aromatic hydroxyl groups is 1. The van der Waals surface area contributed by atoms with Crippen LogP contribution in [0.4, 0.5) is 5.69 Å². The van der Waals surface area contributed by atoms with Crippen LogP contribution in [0.2, 0.25) is 0 Å². The normalized spacial score (nSPS) is 15.4. The van der Waals surface area contributed by atoms with Gasteiger partial charge in [-0.05, 0) is 29.8 Å². The molecule has 2 aromatic carbocycles. The number of amidine groups is 1. The average molecular weight is 450 g/mol. The molecule has 0 fully saturated rings. The van der Waals surface area contributed by atoms with Gasteiger partial charge in [0.15, 0.2) is 11.5 Å². The lowest BCUT2D eigenvalue weighted by Gasteiger charge is -2.34. The third-order valence-corrected chi connectivity index (χ3v) is 6.35. The average Bonchev–Trinajstić information content (AvgIpc) is 2.79. The summed E-state index contributed by atoms with van der Waals surface area (Å²) >= 11 is 0. The van der Waals surface area contributed by atoms with Gasteiger partial charge in [-0.25, -0.2) is 4.98 Å². The molecule has 0 bridgehead atoms. The standard InChI is InChI=1S/C22H18N4O5S/c27-19-15-9-6-12-23-21(15)26(31-13-14-7-2-1-3-8-14)22(28)18(19)20-24-16-10-4-5-11-17(16)32(29,30)25-20/h1-12,27,29-30H,13H2,(H,24,25). The zero-order valence-electron chi connectivity index (χ0n) is 16.5. The number of pyridine rings is 2. The fourth-order valence-corrected chi connectivity index (χ4v) is 4.63. The first-order valence-electron chi connectivity index (χ1n) is 9.60. The fraction of sp³-hybridized carbons (Fsp3) is 0.0455. The minimum absolute atomic E-state index is 0.0779. The van der Waals surface area contributed by atoms with Crippen molar-refractivity contribution in [3.63, 3.8) is 0 Å². The van der Waals surface area contributed by atoms with Crippen LogP contribution in [0.1, 0.15) is 11.1 Å². The number of hydrogen-bond donors (Lipinski definition) is 4. The third kappa shape index (κ3) is 3.36. The van der Waals surface area contributed by atoms with E-state index in [0.29, 0.717) is 5.69 Å². The van der Waals surface area contributed by atoms with Crippen molar-refractivity contribution in [3.8, 4) is 5.75 Å². The van der Waals surface area contributed by atoms with E-state index >= 15 is 0 Å². The summed E-state index contributed by atoms with van der Waals surface area (Å²) in [5, 5.41) is 14.1. The number of benzene rings is 2. The summed E-state index contributed by atoms with van der Waals surface area (Å²) in [6.07, 6.45) is 1.48. The first kappa shape index (κ1) is 20.1. The molecule has 4 aromatic rings. The SMILES string of the molecule is O=c1c(C2=NS(O)(O)c3ccccc3N2)c(O)c2cccnc2n1OCc1ccccc1. The first-order valence-corrected chi connectivity index (χ1v) is 11.1. The quantitative estimate of drug-likeness (QED) is 0.374. The molecule has 1 aliphatic rings. The van der Waals surface area contributed by atoms with E-state index in [2.05, 4.69) is 14.7 Å². The molecule has 32 heavy (non-hydrogen) atoms. The van der Waals surface area contributed by atoms with E-state index < -0.39 is 22.1 Å². The Morgan fingerprint density at radius 1 is 1.00 bits per heavy atom. The van der Waals surface area contributed by atoms with Crippen LogP contribution in [-0.2, 0) is 6.61 Å². The molecule has 0 saturated heterocycles. The second kappa shape index (κ2) is 7.68. The molecule has 0 saturated carbocycles. The van der Waals surface area contributed by atoms with E-state index in [4.69, 9.17) is 4.84 Å². The van der Waals surface area contributed by atoms with Crippen molar-refractivity contribution in [3.05, 3.63) is 94.4 Å². The smallest absolute Gasteiger partial charge is 0.299 e. The molecule has 0 atom stereocenters. The van der Waals surface area contributed by atoms with Crippen LogP contribution in [0.5, 0.6) is 5.75 Å². The lowest BCUT2D eigenvalue weighted by atomic mass is 10.1. The molecular formula is C22H18N4O5S. The molecule has 0 amide bonds. The maximum Gasteiger partial charge on any atom is 0.299 e. The van der Waals surface area contributed by atoms with Crippen molar-refractivity contribution in [2.45, 2.75) is 11.5 Å². The molecule has 162 valence electrons. The molecule has 3 heterocycles. The Bertz CT molecular complexity index is 1420. The van der Waals surface area contributed by atoms with E-state index in [0.717, 1.165) is 10.3 Å². The predicted octanol–water partition coefficient (Wildman–Crippen LogP) is 3.63. The molecular weight excluding hydrogens is 432 g/mol. The van der Waals surface area contributed by atoms with E-state index in [1.54, 1.807) is 30.3 Å². The second-order valence-corrected chi connectivity index (χ2v) is 8.70. The Morgan fingerprint density at radius 2 is 1.75 bits per heavy atom. The summed E-state index contributed by atoms with van der Waals surface area (Å²) in [6.45, 7) is 0.0779. The summed E-state index contributed by atoms with van der Waals surface area (Å²) in [6, 6.07) is 19.0. The number of hydrogen-bond acceptors (Lipinski definition) is 8. The monoisotopic (exact) mass is 450 g/mol. The zero-order chi connectivity index (χ0) is 22.3. The summed E-state index contributed by atoms with van der Waals surface area (Å²) < 4.78 is 26.0. The van der Waals surface area contributed by atoms with Gasteiger partial charge in [-0.3, -0.25) is 13.9 Å². The van der Waals surface area contributed by atoms with Crippen molar-refractivity contribution in [1.29, 1.82) is 0 Å². The predicted molar refractivity (Wildman–Crippen MR) is 122 cm³/mol. The van der Waals surface area contributed by atoms with Crippen LogP contribution in [0.15, 0.2) is 87.0 Å². The highest BCUT2D eigenvalue weighted by atomic mass is 32.3. The van der Waals surface area contributed by atoms with Gasteiger partial charge >= 0.3 is 0 Å². The van der Waals surface area contributed by atoms with Crippen molar-refractivity contribution in [2.24, 2.45) is 4.40 Å². The van der Waals surface area contributed by atoms with Crippen LogP contribution in [-0.4, -0.2) is 29.8 Å². The maximum atomic E-state index is 13.4. The largest absolute Gasteiger partial charge is 0.506 e. The summed E-state index contributed by atoms with van der Waals surface area (Å²) in [5.41, 5.74) is 0.324. The van der Waals surface area contributed by atoms with Crippen LogP contribution in [0.25, 0.3) is 11.0 Å². The van der Waals surface area contributed by atoms with Gasteiger partial charge in [0.1, 0.15) is 22.8 Å². The van der Waals surface area contributed by atoms with Gasteiger partial charge < -0.3 is 15.3 Å². The number of nitrogens with one attached hydrogen (secondary N) is 1. The van der Waals surface area contributed by atoms with Crippen molar-refractivity contribution in [1.82, 2.24) is 9.71 Å². The van der Waals surface area contributed by atoms with Gasteiger partial charge in [-0.15, -0.1) is 9.13 Å². The van der Waals surface area contributed by atoms with E-state index in [1.807, 2.05) is 30.3 Å². The van der Waals surface area contributed by atoms with Crippen LogP contribution < -0.4 is 15.7 Å². The Hall–Kier alpha value is -3.86. The zero-order valence-corrected chi connectivity index (χ0v) is 17.4. The number of nitrogens with zero attached hydrogens (tertiary/aromatic N) is 3. The maximum absolute atomic E-state index is 13.4. The molecule has 10 heteroatoms. The second-order valence-electron chi connectivity index (χ2n) is 7.04. The van der Waals surface area contributed by atoms with E-state index in [1.165, 1.54) is 12.3 Å². The molecule has 1 aliphatic heterocycles. The summed E-state index contributed by atoms with van der Waals surface area (Å²) in [7, 11) is -3.58. The van der Waals surface area contributed by atoms with Crippen molar-refractivity contribution in [2.75, 3.05) is 5.32 Å². The lowest BCUT2D eigenvalue weighted by molar-refractivity contribution is 0.0975. The highest BCUT2D eigenvalue weighted by Crippen LogP contribution is 2.55. The van der Waals surface area contributed by atoms with Crippen LogP contribution >= 0.6 is 10.8 Å². The highest BCUT2D eigenvalue weighted by molar-refractivity contribution is 8.23.